The van der Waals surface area contributed by atoms with Crippen LogP contribution in [0.3, 0.4) is 0 Å². The van der Waals surface area contributed by atoms with Gasteiger partial charge < -0.3 is 16.0 Å². The summed E-state index contributed by atoms with van der Waals surface area (Å²) in [7, 11) is 2.02. The fourth-order valence-corrected chi connectivity index (χ4v) is 2.12. The summed E-state index contributed by atoms with van der Waals surface area (Å²) in [6, 6.07) is 3.58. The first-order chi connectivity index (χ1) is 8.08. The first kappa shape index (κ1) is 12.4. The van der Waals surface area contributed by atoms with Crippen LogP contribution in [-0.2, 0) is 0 Å². The average Bonchev–Trinajstić information content (AvgIpc) is 2.32. The van der Waals surface area contributed by atoms with E-state index in [0.29, 0.717) is 5.56 Å². The van der Waals surface area contributed by atoms with Crippen molar-refractivity contribution in [2.24, 2.45) is 5.73 Å². The minimum absolute atomic E-state index is 0.0682. The predicted octanol–water partition coefficient (Wildman–Crippen LogP) is 0.868. The largest absolute Gasteiger partial charge is 0.323 e. The van der Waals surface area contributed by atoms with Crippen molar-refractivity contribution in [2.45, 2.75) is 12.1 Å². The van der Waals surface area contributed by atoms with Crippen LogP contribution in [-0.4, -0.2) is 37.6 Å². The van der Waals surface area contributed by atoms with E-state index in [4.69, 9.17) is 5.73 Å². The molecule has 0 saturated carbocycles. The standard InChI is InChI=1S/C12H17F2N3/c1-17-5-4-16-11(7-17)12(15)8-2-3-9(13)10(14)6-8/h2-3,6,11-12,16H,4-5,7,15H2,1H3. The van der Waals surface area contributed by atoms with Crippen LogP contribution in [0.15, 0.2) is 18.2 Å². The zero-order valence-corrected chi connectivity index (χ0v) is 9.79. The summed E-state index contributed by atoms with van der Waals surface area (Å²) in [4.78, 5) is 2.17. The van der Waals surface area contributed by atoms with E-state index in [9.17, 15) is 8.78 Å². The van der Waals surface area contributed by atoms with Crippen LogP contribution in [0.5, 0.6) is 0 Å². The molecule has 3 N–H and O–H groups in total. The molecule has 3 nitrogen and oxygen atoms in total. The van der Waals surface area contributed by atoms with Crippen LogP contribution in [0, 0.1) is 11.6 Å². The van der Waals surface area contributed by atoms with Gasteiger partial charge in [0.2, 0.25) is 0 Å². The molecule has 1 fully saturated rings. The molecule has 1 aliphatic heterocycles. The Labute approximate surface area is 99.6 Å². The van der Waals surface area contributed by atoms with Gasteiger partial charge in [-0.2, -0.15) is 0 Å². The van der Waals surface area contributed by atoms with Gasteiger partial charge in [0.1, 0.15) is 0 Å². The minimum atomic E-state index is -0.845. The fraction of sp³-hybridized carbons (Fsp3) is 0.500. The molecule has 17 heavy (non-hydrogen) atoms. The van der Waals surface area contributed by atoms with Crippen molar-refractivity contribution in [1.29, 1.82) is 0 Å². The maximum atomic E-state index is 13.1. The third-order valence-corrected chi connectivity index (χ3v) is 3.17. The Morgan fingerprint density at radius 2 is 2.18 bits per heavy atom. The van der Waals surface area contributed by atoms with Crippen molar-refractivity contribution < 1.29 is 8.78 Å². The number of likely N-dealkylation sites (N-methyl/N-ethyl adjacent to an activating group) is 1. The van der Waals surface area contributed by atoms with Crippen molar-refractivity contribution in [2.75, 3.05) is 26.7 Å². The number of benzene rings is 1. The van der Waals surface area contributed by atoms with Crippen molar-refractivity contribution in [3.8, 4) is 0 Å². The quantitative estimate of drug-likeness (QED) is 0.807. The predicted molar refractivity (Wildman–Crippen MR) is 62.6 cm³/mol. The molecule has 1 aromatic rings. The Hall–Kier alpha value is -1.04. The number of hydrogen-bond acceptors (Lipinski definition) is 3. The second-order valence-electron chi connectivity index (χ2n) is 4.52. The van der Waals surface area contributed by atoms with Gasteiger partial charge in [-0.25, -0.2) is 8.78 Å². The lowest BCUT2D eigenvalue weighted by Gasteiger charge is -2.34. The van der Waals surface area contributed by atoms with Gasteiger partial charge in [-0.3, -0.25) is 0 Å². The molecule has 0 spiro atoms. The number of halogens is 2. The van der Waals surface area contributed by atoms with Gasteiger partial charge in [-0.05, 0) is 24.7 Å². The highest BCUT2D eigenvalue weighted by Gasteiger charge is 2.24. The van der Waals surface area contributed by atoms with Crippen LogP contribution >= 0.6 is 0 Å². The lowest BCUT2D eigenvalue weighted by molar-refractivity contribution is 0.219. The lowest BCUT2D eigenvalue weighted by atomic mass is 9.98. The molecule has 0 aliphatic carbocycles. The van der Waals surface area contributed by atoms with Crippen molar-refractivity contribution in [1.82, 2.24) is 10.2 Å². The zero-order valence-electron chi connectivity index (χ0n) is 9.79. The molecule has 0 aromatic heterocycles. The van der Waals surface area contributed by atoms with Crippen LogP contribution in [0.1, 0.15) is 11.6 Å². The summed E-state index contributed by atoms with van der Waals surface area (Å²) < 4.78 is 25.9. The Kier molecular flexibility index (Phi) is 3.71. The highest BCUT2D eigenvalue weighted by molar-refractivity contribution is 5.22. The Bertz CT molecular complexity index is 397. The van der Waals surface area contributed by atoms with E-state index in [1.165, 1.54) is 6.07 Å². The maximum Gasteiger partial charge on any atom is 0.159 e. The highest BCUT2D eigenvalue weighted by atomic mass is 19.2. The molecule has 2 rings (SSSR count). The molecule has 1 saturated heterocycles. The number of nitrogens with zero attached hydrogens (tertiary/aromatic N) is 1. The number of nitrogens with one attached hydrogen (secondary N) is 1. The van der Waals surface area contributed by atoms with Gasteiger partial charge in [-0.15, -0.1) is 0 Å². The molecule has 2 unspecified atom stereocenters. The van der Waals surface area contributed by atoms with Gasteiger partial charge in [0.05, 0.1) is 0 Å². The van der Waals surface area contributed by atoms with Crippen LogP contribution in [0.2, 0.25) is 0 Å². The topological polar surface area (TPSA) is 41.3 Å². The summed E-state index contributed by atoms with van der Waals surface area (Å²) in [5, 5.41) is 3.30. The van der Waals surface area contributed by atoms with Gasteiger partial charge >= 0.3 is 0 Å². The van der Waals surface area contributed by atoms with Gasteiger partial charge in [0.15, 0.2) is 11.6 Å². The van der Waals surface area contributed by atoms with E-state index in [1.807, 2.05) is 7.05 Å². The second kappa shape index (κ2) is 5.08. The molecule has 0 amide bonds. The summed E-state index contributed by atoms with van der Waals surface area (Å²) in [5.41, 5.74) is 6.69. The van der Waals surface area contributed by atoms with E-state index in [0.717, 1.165) is 25.7 Å². The third kappa shape index (κ3) is 2.80. The fourth-order valence-electron chi connectivity index (χ4n) is 2.12. The number of piperazine rings is 1. The molecule has 1 aromatic carbocycles. The van der Waals surface area contributed by atoms with Crippen molar-refractivity contribution >= 4 is 0 Å². The van der Waals surface area contributed by atoms with E-state index < -0.39 is 11.6 Å². The van der Waals surface area contributed by atoms with Gasteiger partial charge in [0, 0.05) is 31.7 Å². The molecule has 0 bridgehead atoms. The molecular weight excluding hydrogens is 224 g/mol. The smallest absolute Gasteiger partial charge is 0.159 e. The van der Waals surface area contributed by atoms with Crippen molar-refractivity contribution in [3.05, 3.63) is 35.4 Å². The number of hydrogen-bond donors (Lipinski definition) is 2. The summed E-state index contributed by atoms with van der Waals surface area (Å²) in [5.74, 6) is -1.68. The first-order valence-corrected chi connectivity index (χ1v) is 5.70. The monoisotopic (exact) mass is 241 g/mol. The van der Waals surface area contributed by atoms with E-state index in [-0.39, 0.29) is 12.1 Å². The Balaban J connectivity index is 2.12. The molecular formula is C12H17F2N3. The number of rotatable bonds is 2. The normalized spacial score (nSPS) is 23.6. The Morgan fingerprint density at radius 3 is 2.82 bits per heavy atom. The summed E-state index contributed by atoms with van der Waals surface area (Å²) in [6.07, 6.45) is 0. The summed E-state index contributed by atoms with van der Waals surface area (Å²) >= 11 is 0. The first-order valence-electron chi connectivity index (χ1n) is 5.70. The summed E-state index contributed by atoms with van der Waals surface area (Å²) in [6.45, 7) is 2.64. The van der Waals surface area contributed by atoms with Gasteiger partial charge in [0.25, 0.3) is 0 Å². The molecule has 5 heteroatoms. The Morgan fingerprint density at radius 1 is 1.41 bits per heavy atom. The molecule has 94 valence electrons. The average molecular weight is 241 g/mol. The highest BCUT2D eigenvalue weighted by Crippen LogP contribution is 2.18. The molecule has 1 heterocycles. The third-order valence-electron chi connectivity index (χ3n) is 3.17. The van der Waals surface area contributed by atoms with E-state index in [1.54, 1.807) is 6.07 Å². The maximum absolute atomic E-state index is 13.1. The zero-order chi connectivity index (χ0) is 12.4. The minimum Gasteiger partial charge on any atom is -0.323 e. The van der Waals surface area contributed by atoms with Crippen LogP contribution < -0.4 is 11.1 Å². The second-order valence-corrected chi connectivity index (χ2v) is 4.52. The molecule has 1 aliphatic rings. The van der Waals surface area contributed by atoms with Crippen LogP contribution in [0.4, 0.5) is 8.78 Å². The molecule has 0 radical (unpaired) electrons. The van der Waals surface area contributed by atoms with Crippen molar-refractivity contribution in [3.63, 3.8) is 0 Å². The van der Waals surface area contributed by atoms with E-state index in [2.05, 4.69) is 10.2 Å². The molecule has 2 atom stereocenters. The van der Waals surface area contributed by atoms with E-state index >= 15 is 0 Å². The number of nitrogens with two attached hydrogens (primary N) is 1. The SMILES string of the molecule is CN1CCNC(C(N)c2ccc(F)c(F)c2)C1. The van der Waals surface area contributed by atoms with Gasteiger partial charge in [-0.1, -0.05) is 6.07 Å². The van der Waals surface area contributed by atoms with Crippen LogP contribution in [0.25, 0.3) is 0 Å². The lowest BCUT2D eigenvalue weighted by Crippen LogP contribution is -2.53.